The lowest BCUT2D eigenvalue weighted by Crippen LogP contribution is -2.46. The van der Waals surface area contributed by atoms with Crippen molar-refractivity contribution in [2.24, 2.45) is 10.9 Å². The summed E-state index contributed by atoms with van der Waals surface area (Å²) in [6.45, 7) is 5.82. The molecule has 0 aliphatic carbocycles. The number of halogens is 1. The van der Waals surface area contributed by atoms with Crippen LogP contribution in [0.5, 0.6) is 0 Å². The molecular formula is C19H21FN2O3S. The molecule has 1 aromatic carbocycles. The van der Waals surface area contributed by atoms with Crippen LogP contribution in [0.1, 0.15) is 38.8 Å². The highest BCUT2D eigenvalue weighted by Gasteiger charge is 2.42. The first-order valence-electron chi connectivity index (χ1n) is 8.56. The molecule has 1 amide bonds. The molecule has 1 fully saturated rings. The second-order valence-electron chi connectivity index (χ2n) is 6.67. The van der Waals surface area contributed by atoms with Crippen LogP contribution < -0.4 is 0 Å². The van der Waals surface area contributed by atoms with Crippen molar-refractivity contribution in [1.82, 2.24) is 4.90 Å². The zero-order chi connectivity index (χ0) is 18.8. The van der Waals surface area contributed by atoms with Crippen molar-refractivity contribution >= 4 is 28.8 Å². The van der Waals surface area contributed by atoms with Crippen LogP contribution in [0.2, 0.25) is 0 Å². The van der Waals surface area contributed by atoms with E-state index in [1.165, 1.54) is 22.7 Å². The Morgan fingerprint density at radius 3 is 2.85 bits per heavy atom. The van der Waals surface area contributed by atoms with Crippen LogP contribution >= 0.6 is 11.8 Å². The number of allylic oxidation sites excluding steroid dienone is 1. The lowest BCUT2D eigenvalue weighted by molar-refractivity contribution is -0.141. The standard InChI is InChI=1S/C19H21FN2O3S/c1-11(2)10-25-18(24)16-12(3)21-19-22(15(23)8-9-26-19)17(16)13-6-4-5-7-14(13)20/h4-7,11,17H,8-10H2,1-3H3. The molecule has 1 saturated heterocycles. The van der Waals surface area contributed by atoms with E-state index in [1.54, 1.807) is 25.1 Å². The molecule has 0 bridgehead atoms. The van der Waals surface area contributed by atoms with Gasteiger partial charge in [-0.05, 0) is 18.9 Å². The van der Waals surface area contributed by atoms with E-state index in [0.717, 1.165) is 0 Å². The van der Waals surface area contributed by atoms with Gasteiger partial charge in [-0.1, -0.05) is 43.8 Å². The second kappa shape index (κ2) is 7.61. The van der Waals surface area contributed by atoms with Crippen molar-refractivity contribution in [3.8, 4) is 0 Å². The molecule has 0 N–H and O–H groups in total. The van der Waals surface area contributed by atoms with Crippen molar-refractivity contribution in [3.05, 3.63) is 46.9 Å². The van der Waals surface area contributed by atoms with Crippen LogP contribution in [-0.4, -0.2) is 34.3 Å². The minimum atomic E-state index is -0.858. The Morgan fingerprint density at radius 2 is 2.15 bits per heavy atom. The lowest BCUT2D eigenvalue weighted by atomic mass is 9.93. The van der Waals surface area contributed by atoms with Gasteiger partial charge < -0.3 is 4.74 Å². The maximum Gasteiger partial charge on any atom is 0.338 e. The molecule has 2 heterocycles. The summed E-state index contributed by atoms with van der Waals surface area (Å²) in [6.07, 6.45) is 0.321. The molecule has 0 aromatic heterocycles. The Hall–Kier alpha value is -2.15. The van der Waals surface area contributed by atoms with Gasteiger partial charge in [0.25, 0.3) is 0 Å². The fourth-order valence-electron chi connectivity index (χ4n) is 2.97. The number of amides is 1. The summed E-state index contributed by atoms with van der Waals surface area (Å²) in [4.78, 5) is 31.2. The number of ether oxygens (including phenoxy) is 1. The smallest absolute Gasteiger partial charge is 0.338 e. The van der Waals surface area contributed by atoms with Crippen LogP contribution in [0.15, 0.2) is 40.5 Å². The highest BCUT2D eigenvalue weighted by molar-refractivity contribution is 8.14. The Balaban J connectivity index is 2.10. The highest BCUT2D eigenvalue weighted by atomic mass is 32.2. The summed E-state index contributed by atoms with van der Waals surface area (Å²) < 4.78 is 20.0. The number of rotatable bonds is 4. The van der Waals surface area contributed by atoms with E-state index in [0.29, 0.717) is 23.0 Å². The van der Waals surface area contributed by atoms with Gasteiger partial charge in [-0.3, -0.25) is 9.69 Å². The predicted molar refractivity (Wildman–Crippen MR) is 99.0 cm³/mol. The molecule has 138 valence electrons. The van der Waals surface area contributed by atoms with Crippen LogP contribution in [-0.2, 0) is 14.3 Å². The Labute approximate surface area is 156 Å². The summed E-state index contributed by atoms with van der Waals surface area (Å²) >= 11 is 1.44. The van der Waals surface area contributed by atoms with Gasteiger partial charge >= 0.3 is 5.97 Å². The summed E-state index contributed by atoms with van der Waals surface area (Å²) in [5.74, 6) is -0.405. The first kappa shape index (κ1) is 18.6. The van der Waals surface area contributed by atoms with Gasteiger partial charge in [0, 0.05) is 17.7 Å². The highest BCUT2D eigenvalue weighted by Crippen LogP contribution is 2.41. The Bertz CT molecular complexity index is 804. The van der Waals surface area contributed by atoms with E-state index in [-0.39, 0.29) is 29.6 Å². The Morgan fingerprint density at radius 1 is 1.42 bits per heavy atom. The molecule has 1 aromatic rings. The van der Waals surface area contributed by atoms with E-state index in [9.17, 15) is 14.0 Å². The largest absolute Gasteiger partial charge is 0.462 e. The van der Waals surface area contributed by atoms with E-state index in [1.807, 2.05) is 13.8 Å². The summed E-state index contributed by atoms with van der Waals surface area (Å²) in [7, 11) is 0. The molecule has 0 radical (unpaired) electrons. The zero-order valence-electron chi connectivity index (χ0n) is 15.0. The van der Waals surface area contributed by atoms with Crippen molar-refractivity contribution in [1.29, 1.82) is 0 Å². The summed E-state index contributed by atoms with van der Waals surface area (Å²) in [5.41, 5.74) is 0.947. The fraction of sp³-hybridized carbons (Fsp3) is 0.421. The second-order valence-corrected chi connectivity index (χ2v) is 7.73. The number of hydrogen-bond donors (Lipinski definition) is 0. The molecular weight excluding hydrogens is 355 g/mol. The Kier molecular flexibility index (Phi) is 5.46. The average Bonchev–Trinajstić information content (AvgIpc) is 2.59. The molecule has 0 saturated carbocycles. The molecule has 1 atom stereocenters. The van der Waals surface area contributed by atoms with E-state index in [4.69, 9.17) is 4.74 Å². The van der Waals surface area contributed by atoms with Crippen LogP contribution in [0.25, 0.3) is 0 Å². The van der Waals surface area contributed by atoms with Gasteiger partial charge in [0.05, 0.1) is 17.9 Å². The van der Waals surface area contributed by atoms with Gasteiger partial charge in [-0.25, -0.2) is 14.2 Å². The number of carbonyl (C=O) groups is 2. The number of nitrogens with zero attached hydrogens (tertiary/aromatic N) is 2. The number of hydrogen-bond acceptors (Lipinski definition) is 5. The number of thioether (sulfide) groups is 1. The van der Waals surface area contributed by atoms with Crippen LogP contribution in [0.4, 0.5) is 4.39 Å². The van der Waals surface area contributed by atoms with Crippen LogP contribution in [0, 0.1) is 11.7 Å². The number of fused-ring (bicyclic) bond motifs is 1. The number of amidine groups is 1. The summed E-state index contributed by atoms with van der Waals surface area (Å²) in [6, 6.07) is 5.34. The number of esters is 1. The molecule has 1 unspecified atom stereocenters. The fourth-order valence-corrected chi connectivity index (χ4v) is 3.98. The molecule has 2 aliphatic rings. The molecule has 26 heavy (non-hydrogen) atoms. The van der Waals surface area contributed by atoms with Gasteiger partial charge in [-0.2, -0.15) is 0 Å². The minimum Gasteiger partial charge on any atom is -0.462 e. The van der Waals surface area contributed by atoms with E-state index in [2.05, 4.69) is 4.99 Å². The normalized spacial score (nSPS) is 20.2. The molecule has 0 spiro atoms. The van der Waals surface area contributed by atoms with Gasteiger partial charge in [-0.15, -0.1) is 0 Å². The lowest BCUT2D eigenvalue weighted by Gasteiger charge is -2.39. The first-order chi connectivity index (χ1) is 12.4. The quantitative estimate of drug-likeness (QED) is 0.752. The van der Waals surface area contributed by atoms with Crippen LogP contribution in [0.3, 0.4) is 0 Å². The van der Waals surface area contributed by atoms with Crippen molar-refractivity contribution in [2.75, 3.05) is 12.4 Å². The zero-order valence-corrected chi connectivity index (χ0v) is 15.8. The third-order valence-electron chi connectivity index (χ3n) is 4.17. The third-order valence-corrected chi connectivity index (χ3v) is 5.13. The number of benzene rings is 1. The molecule has 5 nitrogen and oxygen atoms in total. The average molecular weight is 376 g/mol. The number of carbonyl (C=O) groups excluding carboxylic acids is 2. The third kappa shape index (κ3) is 3.53. The van der Waals surface area contributed by atoms with Crippen molar-refractivity contribution < 1.29 is 18.7 Å². The molecule has 3 rings (SSSR count). The van der Waals surface area contributed by atoms with Gasteiger partial charge in [0.1, 0.15) is 11.9 Å². The minimum absolute atomic E-state index is 0.168. The van der Waals surface area contributed by atoms with E-state index >= 15 is 0 Å². The van der Waals surface area contributed by atoms with Crippen molar-refractivity contribution in [3.63, 3.8) is 0 Å². The van der Waals surface area contributed by atoms with Gasteiger partial charge in [0.15, 0.2) is 5.17 Å². The first-order valence-corrected chi connectivity index (χ1v) is 9.54. The van der Waals surface area contributed by atoms with Gasteiger partial charge in [0.2, 0.25) is 5.91 Å². The maximum atomic E-state index is 14.6. The van der Waals surface area contributed by atoms with Crippen molar-refractivity contribution in [2.45, 2.75) is 33.2 Å². The molecule has 2 aliphatic heterocycles. The predicted octanol–water partition coefficient (Wildman–Crippen LogP) is 3.68. The monoisotopic (exact) mass is 376 g/mol. The summed E-state index contributed by atoms with van der Waals surface area (Å²) in [5, 5.41) is 0.507. The van der Waals surface area contributed by atoms with E-state index < -0.39 is 17.8 Å². The number of aliphatic imine (C=N–C) groups is 1. The SMILES string of the molecule is CC1=C(C(=O)OCC(C)C)C(c2ccccc2F)N2C(=O)CCSC2=N1. The maximum absolute atomic E-state index is 14.6. The topological polar surface area (TPSA) is 59.0 Å². The molecule has 7 heteroatoms.